The van der Waals surface area contributed by atoms with Gasteiger partial charge < -0.3 is 15.9 Å². The van der Waals surface area contributed by atoms with Crippen LogP contribution in [-0.2, 0) is 6.42 Å². The highest BCUT2D eigenvalue weighted by Crippen LogP contribution is 2.14. The molecule has 0 unspecified atom stereocenters. The number of primary amides is 1. The Morgan fingerprint density at radius 2 is 1.22 bits per heavy atom. The molecule has 0 spiro atoms. The number of rotatable bonds is 12. The van der Waals surface area contributed by atoms with Crippen LogP contribution in [0.5, 0.6) is 0 Å². The van der Waals surface area contributed by atoms with E-state index in [9.17, 15) is 15.0 Å². The van der Waals surface area contributed by atoms with E-state index in [1.165, 1.54) is 0 Å². The summed E-state index contributed by atoms with van der Waals surface area (Å²) in [5, 5.41) is 27.8. The molecule has 6 nitrogen and oxygen atoms in total. The van der Waals surface area contributed by atoms with Gasteiger partial charge in [-0.25, -0.2) is 0 Å². The first kappa shape index (κ1) is 23.6. The molecule has 0 saturated carbocycles. The van der Waals surface area contributed by atoms with Crippen molar-refractivity contribution in [3.8, 4) is 0 Å². The average Bonchev–Trinajstić information content (AvgIpc) is 2.84. The molecule has 3 aromatic rings. The Hall–Kier alpha value is -3.03. The zero-order valence-electron chi connectivity index (χ0n) is 18.0. The van der Waals surface area contributed by atoms with Crippen LogP contribution >= 0.6 is 0 Å². The first-order valence-corrected chi connectivity index (χ1v) is 10.8. The molecule has 3 rings (SSSR count). The molecule has 168 valence electrons. The molecule has 0 saturated heterocycles. The number of benzene rings is 3. The number of amides is 1. The highest BCUT2D eigenvalue weighted by molar-refractivity contribution is 5.92. The smallest absolute Gasteiger partial charge is 0.248 e. The molecular weight excluding hydrogens is 402 g/mol. The predicted octanol–water partition coefficient (Wildman–Crippen LogP) is 2.69. The minimum atomic E-state index is -0.630. The molecule has 0 aliphatic heterocycles. The van der Waals surface area contributed by atoms with Gasteiger partial charge in [0.15, 0.2) is 0 Å². The lowest BCUT2D eigenvalue weighted by Crippen LogP contribution is -2.45. The SMILES string of the molecule is NC(=O)c1ccc(CCC(NC[C@@H](O)c2ccccc2)NC[C@@H](O)c2ccccc2)cc1. The van der Waals surface area contributed by atoms with Crippen LogP contribution < -0.4 is 16.4 Å². The highest BCUT2D eigenvalue weighted by Gasteiger charge is 2.15. The van der Waals surface area contributed by atoms with Gasteiger partial charge in [-0.3, -0.25) is 15.4 Å². The van der Waals surface area contributed by atoms with Crippen LogP contribution in [0, 0.1) is 0 Å². The van der Waals surface area contributed by atoms with Crippen molar-refractivity contribution < 1.29 is 15.0 Å². The topological polar surface area (TPSA) is 108 Å². The Labute approximate surface area is 189 Å². The van der Waals surface area contributed by atoms with Gasteiger partial charge in [0.25, 0.3) is 0 Å². The Bertz CT molecular complexity index is 900. The van der Waals surface area contributed by atoms with Crippen LogP contribution in [0.15, 0.2) is 84.9 Å². The van der Waals surface area contributed by atoms with Crippen LogP contribution in [0.3, 0.4) is 0 Å². The number of aryl methyl sites for hydroxylation is 1. The standard InChI is InChI=1S/C26H31N3O3/c27-26(32)22-14-11-19(12-15-22)13-16-25(28-17-23(30)20-7-3-1-4-8-20)29-18-24(31)21-9-5-2-6-10-21/h1-12,14-15,23-25,28-31H,13,16-18H2,(H2,27,32)/t23-,24-/m1/s1. The zero-order chi connectivity index (χ0) is 22.8. The van der Waals surface area contributed by atoms with Gasteiger partial charge in [0.2, 0.25) is 5.91 Å². The maximum atomic E-state index is 11.3. The monoisotopic (exact) mass is 433 g/mol. The maximum Gasteiger partial charge on any atom is 0.248 e. The van der Waals surface area contributed by atoms with Crippen molar-refractivity contribution >= 4 is 5.91 Å². The fourth-order valence-electron chi connectivity index (χ4n) is 3.52. The van der Waals surface area contributed by atoms with Crippen molar-refractivity contribution in [1.29, 1.82) is 0 Å². The van der Waals surface area contributed by atoms with Crippen molar-refractivity contribution in [3.63, 3.8) is 0 Å². The minimum absolute atomic E-state index is 0.123. The zero-order valence-corrected chi connectivity index (χ0v) is 18.0. The van der Waals surface area contributed by atoms with E-state index in [2.05, 4.69) is 10.6 Å². The van der Waals surface area contributed by atoms with Gasteiger partial charge in [0.05, 0.1) is 18.4 Å². The van der Waals surface area contributed by atoms with Crippen LogP contribution in [0.1, 0.15) is 45.7 Å². The van der Waals surface area contributed by atoms with E-state index in [-0.39, 0.29) is 6.17 Å². The normalized spacial score (nSPS) is 13.1. The molecule has 32 heavy (non-hydrogen) atoms. The summed E-state index contributed by atoms with van der Waals surface area (Å²) in [6, 6.07) is 26.3. The number of hydrogen-bond donors (Lipinski definition) is 5. The van der Waals surface area contributed by atoms with E-state index >= 15 is 0 Å². The third kappa shape index (κ3) is 7.28. The number of nitrogens with two attached hydrogens (primary N) is 1. The molecule has 0 bridgehead atoms. The number of aliphatic hydroxyl groups is 2. The van der Waals surface area contributed by atoms with Gasteiger partial charge in [-0.2, -0.15) is 0 Å². The summed E-state index contributed by atoms with van der Waals surface area (Å²) in [5.41, 5.74) is 8.58. The second kappa shape index (κ2) is 12.1. The number of nitrogens with one attached hydrogen (secondary N) is 2. The molecule has 0 radical (unpaired) electrons. The van der Waals surface area contributed by atoms with E-state index in [4.69, 9.17) is 5.73 Å². The van der Waals surface area contributed by atoms with Crippen molar-refractivity contribution in [2.24, 2.45) is 5.73 Å². The minimum Gasteiger partial charge on any atom is -0.387 e. The lowest BCUT2D eigenvalue weighted by Gasteiger charge is -2.24. The highest BCUT2D eigenvalue weighted by atomic mass is 16.3. The first-order valence-electron chi connectivity index (χ1n) is 10.8. The second-order valence-corrected chi connectivity index (χ2v) is 7.82. The molecular formula is C26H31N3O3. The molecule has 2 atom stereocenters. The largest absolute Gasteiger partial charge is 0.387 e. The summed E-state index contributed by atoms with van der Waals surface area (Å²) in [6.07, 6.45) is 0.109. The Morgan fingerprint density at radius 3 is 1.66 bits per heavy atom. The first-order chi connectivity index (χ1) is 15.5. The van der Waals surface area contributed by atoms with Gasteiger partial charge in [-0.15, -0.1) is 0 Å². The van der Waals surface area contributed by atoms with Gasteiger partial charge >= 0.3 is 0 Å². The van der Waals surface area contributed by atoms with E-state index in [0.717, 1.165) is 29.5 Å². The third-order valence-corrected chi connectivity index (χ3v) is 5.44. The molecule has 3 aromatic carbocycles. The molecule has 0 aliphatic rings. The molecule has 6 heteroatoms. The molecule has 0 aromatic heterocycles. The summed E-state index contributed by atoms with van der Waals surface area (Å²) in [5.74, 6) is -0.442. The molecule has 6 N–H and O–H groups in total. The molecule has 0 fully saturated rings. The molecule has 1 amide bonds. The summed E-state index contributed by atoms with van der Waals surface area (Å²) < 4.78 is 0. The van der Waals surface area contributed by atoms with Gasteiger partial charge in [-0.05, 0) is 41.7 Å². The van der Waals surface area contributed by atoms with Crippen LogP contribution in [-0.4, -0.2) is 35.4 Å². The predicted molar refractivity (Wildman–Crippen MR) is 126 cm³/mol. The summed E-state index contributed by atoms with van der Waals surface area (Å²) in [4.78, 5) is 11.3. The van der Waals surface area contributed by atoms with Gasteiger partial charge in [0, 0.05) is 18.7 Å². The third-order valence-electron chi connectivity index (χ3n) is 5.44. The fourth-order valence-corrected chi connectivity index (χ4v) is 3.52. The Balaban J connectivity index is 1.59. The molecule has 0 heterocycles. The van der Waals surface area contributed by atoms with E-state index in [1.54, 1.807) is 12.1 Å². The summed E-state index contributed by atoms with van der Waals surface area (Å²) in [7, 11) is 0. The second-order valence-electron chi connectivity index (χ2n) is 7.82. The van der Waals surface area contributed by atoms with Crippen molar-refractivity contribution in [3.05, 3.63) is 107 Å². The van der Waals surface area contributed by atoms with E-state index in [0.29, 0.717) is 18.7 Å². The lowest BCUT2D eigenvalue weighted by atomic mass is 10.0. The number of carbonyl (C=O) groups excluding carboxylic acids is 1. The Morgan fingerprint density at radius 1 is 0.750 bits per heavy atom. The number of hydrogen-bond acceptors (Lipinski definition) is 5. The van der Waals surface area contributed by atoms with Crippen molar-refractivity contribution in [1.82, 2.24) is 10.6 Å². The Kier molecular flexibility index (Phi) is 8.95. The molecule has 0 aliphatic carbocycles. The van der Waals surface area contributed by atoms with E-state index in [1.807, 2.05) is 72.8 Å². The summed E-state index contributed by atoms with van der Waals surface area (Å²) in [6.45, 7) is 0.757. The number of carbonyl (C=O) groups is 1. The average molecular weight is 434 g/mol. The fraction of sp³-hybridized carbons (Fsp3) is 0.269. The lowest BCUT2D eigenvalue weighted by molar-refractivity contribution is 0.1000. The quantitative estimate of drug-likeness (QED) is 0.282. The number of aliphatic hydroxyl groups excluding tert-OH is 2. The van der Waals surface area contributed by atoms with Crippen LogP contribution in [0.4, 0.5) is 0 Å². The summed E-state index contributed by atoms with van der Waals surface area (Å²) >= 11 is 0. The van der Waals surface area contributed by atoms with Gasteiger partial charge in [-0.1, -0.05) is 72.8 Å². The van der Waals surface area contributed by atoms with Crippen molar-refractivity contribution in [2.45, 2.75) is 31.2 Å². The van der Waals surface area contributed by atoms with E-state index < -0.39 is 18.1 Å². The van der Waals surface area contributed by atoms with Crippen LogP contribution in [0.2, 0.25) is 0 Å². The van der Waals surface area contributed by atoms with Crippen LogP contribution in [0.25, 0.3) is 0 Å². The maximum absolute atomic E-state index is 11.3. The van der Waals surface area contributed by atoms with Crippen molar-refractivity contribution in [2.75, 3.05) is 13.1 Å². The van der Waals surface area contributed by atoms with Gasteiger partial charge in [0.1, 0.15) is 0 Å².